The van der Waals surface area contributed by atoms with Gasteiger partial charge in [0, 0.05) is 11.4 Å². The van der Waals surface area contributed by atoms with Gasteiger partial charge in [-0.2, -0.15) is 0 Å². The van der Waals surface area contributed by atoms with E-state index in [2.05, 4.69) is 21.2 Å². The molecule has 1 aliphatic rings. The Balaban J connectivity index is 1.97. The van der Waals surface area contributed by atoms with Gasteiger partial charge < -0.3 is 5.32 Å². The predicted molar refractivity (Wildman–Crippen MR) is 78.5 cm³/mol. The number of hydrogen-bond acceptors (Lipinski definition) is 1. The summed E-state index contributed by atoms with van der Waals surface area (Å²) in [6.45, 7) is 0. The molecule has 4 heteroatoms. The minimum Gasteiger partial charge on any atom is -0.349 e. The smallest absolute Gasteiger partial charge is 0.253 e. The van der Waals surface area contributed by atoms with Crippen LogP contribution in [-0.2, 0) is 0 Å². The van der Waals surface area contributed by atoms with E-state index in [1.54, 1.807) is 12.1 Å². The van der Waals surface area contributed by atoms with Crippen molar-refractivity contribution in [3.63, 3.8) is 0 Å². The topological polar surface area (TPSA) is 29.1 Å². The number of nitrogens with one attached hydrogen (secondary N) is 1. The summed E-state index contributed by atoms with van der Waals surface area (Å²) in [4.78, 5) is 12.1. The number of carbonyl (C=O) groups is 1. The van der Waals surface area contributed by atoms with Gasteiger partial charge in [0.25, 0.3) is 5.91 Å². The third-order valence-corrected chi connectivity index (χ3v) is 4.70. The molecular weight excluding hydrogens is 314 g/mol. The van der Waals surface area contributed by atoms with E-state index >= 15 is 0 Å². The maximum atomic E-state index is 12.1. The first-order valence-corrected chi connectivity index (χ1v) is 7.82. The number of hydrogen-bond donors (Lipinski definition) is 1. The second-order valence-corrected chi connectivity index (χ2v) is 5.89. The summed E-state index contributed by atoms with van der Waals surface area (Å²) in [6.07, 6.45) is 4.56. The Morgan fingerprint density at radius 3 is 2.89 bits per heavy atom. The van der Waals surface area contributed by atoms with Crippen molar-refractivity contribution in [1.29, 1.82) is 0 Å². The van der Waals surface area contributed by atoms with Gasteiger partial charge in [-0.15, -0.1) is 0 Å². The fraction of sp³-hybridized carbons (Fsp3) is 0.500. The fourth-order valence-electron chi connectivity index (χ4n) is 2.47. The molecule has 0 aliphatic heterocycles. The Labute approximate surface area is 121 Å². The zero-order valence-corrected chi connectivity index (χ0v) is 12.5. The van der Waals surface area contributed by atoms with Gasteiger partial charge >= 0.3 is 0 Å². The Morgan fingerprint density at radius 1 is 1.39 bits per heavy atom. The van der Waals surface area contributed by atoms with E-state index in [-0.39, 0.29) is 11.9 Å². The van der Waals surface area contributed by atoms with E-state index in [9.17, 15) is 4.79 Å². The summed E-state index contributed by atoms with van der Waals surface area (Å²) in [5.74, 6) is 0.621. The average molecular weight is 331 g/mol. The van der Waals surface area contributed by atoms with Crippen LogP contribution in [0.25, 0.3) is 0 Å². The Bertz CT molecular complexity index is 424. The second-order valence-electron chi connectivity index (χ2n) is 4.84. The molecular formula is C14H17BrClNO. The lowest BCUT2D eigenvalue weighted by atomic mass is 9.87. The van der Waals surface area contributed by atoms with Crippen LogP contribution in [0.3, 0.4) is 0 Å². The molecule has 2 unspecified atom stereocenters. The number of benzene rings is 1. The Kier molecular flexibility index (Phi) is 5.07. The molecule has 98 valence electrons. The molecule has 2 atom stereocenters. The van der Waals surface area contributed by atoms with Crippen molar-refractivity contribution in [3.8, 4) is 0 Å². The molecule has 1 aromatic carbocycles. The van der Waals surface area contributed by atoms with Gasteiger partial charge in [-0.1, -0.05) is 46.1 Å². The highest BCUT2D eigenvalue weighted by Gasteiger charge is 2.23. The molecule has 2 nitrogen and oxygen atoms in total. The minimum atomic E-state index is -0.0548. The Morgan fingerprint density at radius 2 is 2.17 bits per heavy atom. The maximum absolute atomic E-state index is 12.1. The highest BCUT2D eigenvalue weighted by molar-refractivity contribution is 9.09. The van der Waals surface area contributed by atoms with Gasteiger partial charge in [0.2, 0.25) is 0 Å². The Hall–Kier alpha value is -0.540. The van der Waals surface area contributed by atoms with Crippen LogP contribution in [0.4, 0.5) is 0 Å². The average Bonchev–Trinajstić information content (AvgIpc) is 2.39. The number of halogens is 2. The van der Waals surface area contributed by atoms with Crippen molar-refractivity contribution in [2.45, 2.75) is 31.7 Å². The van der Waals surface area contributed by atoms with Gasteiger partial charge in [0.05, 0.1) is 10.6 Å². The van der Waals surface area contributed by atoms with Crippen LogP contribution in [0.1, 0.15) is 36.0 Å². The largest absolute Gasteiger partial charge is 0.349 e. The van der Waals surface area contributed by atoms with Gasteiger partial charge in [-0.25, -0.2) is 0 Å². The lowest BCUT2D eigenvalue weighted by Crippen LogP contribution is -2.38. The van der Waals surface area contributed by atoms with Crippen molar-refractivity contribution >= 4 is 33.4 Å². The van der Waals surface area contributed by atoms with E-state index in [4.69, 9.17) is 11.6 Å². The maximum Gasteiger partial charge on any atom is 0.253 e. The highest BCUT2D eigenvalue weighted by atomic mass is 79.9. The third kappa shape index (κ3) is 3.48. The number of rotatable bonds is 3. The van der Waals surface area contributed by atoms with Crippen molar-refractivity contribution in [1.82, 2.24) is 5.32 Å². The van der Waals surface area contributed by atoms with Crippen molar-refractivity contribution in [2.75, 3.05) is 5.33 Å². The number of amides is 1. The van der Waals surface area contributed by atoms with Crippen molar-refractivity contribution in [2.24, 2.45) is 5.92 Å². The van der Waals surface area contributed by atoms with E-state index in [0.717, 1.165) is 18.2 Å². The summed E-state index contributed by atoms with van der Waals surface area (Å²) < 4.78 is 0. The molecule has 0 spiro atoms. The molecule has 1 aliphatic carbocycles. The van der Waals surface area contributed by atoms with Gasteiger partial charge in [0.1, 0.15) is 0 Å². The van der Waals surface area contributed by atoms with Crippen LogP contribution in [0, 0.1) is 5.92 Å². The molecule has 0 bridgehead atoms. The lowest BCUT2D eigenvalue weighted by Gasteiger charge is -2.28. The minimum absolute atomic E-state index is 0.0548. The SMILES string of the molecule is O=C(NC1CCCC(CBr)C1)c1ccccc1Cl. The first kappa shape index (κ1) is 13.9. The van der Waals surface area contributed by atoms with Gasteiger partial charge in [0.15, 0.2) is 0 Å². The van der Waals surface area contributed by atoms with E-state index < -0.39 is 0 Å². The zero-order chi connectivity index (χ0) is 13.0. The molecule has 2 rings (SSSR count). The molecule has 1 fully saturated rings. The quantitative estimate of drug-likeness (QED) is 0.833. The molecule has 0 heterocycles. The van der Waals surface area contributed by atoms with E-state index in [0.29, 0.717) is 16.5 Å². The van der Waals surface area contributed by atoms with Crippen molar-refractivity contribution in [3.05, 3.63) is 34.9 Å². The zero-order valence-electron chi connectivity index (χ0n) is 10.2. The van der Waals surface area contributed by atoms with Crippen LogP contribution < -0.4 is 5.32 Å². The van der Waals surface area contributed by atoms with Crippen LogP contribution in [0.15, 0.2) is 24.3 Å². The molecule has 18 heavy (non-hydrogen) atoms. The monoisotopic (exact) mass is 329 g/mol. The molecule has 1 saturated carbocycles. The van der Waals surface area contributed by atoms with Crippen molar-refractivity contribution < 1.29 is 4.79 Å². The normalized spacial score (nSPS) is 23.7. The number of alkyl halides is 1. The van der Waals surface area contributed by atoms with E-state index in [1.165, 1.54) is 12.8 Å². The molecule has 1 N–H and O–H groups in total. The van der Waals surface area contributed by atoms with Crippen LogP contribution >= 0.6 is 27.5 Å². The molecule has 1 amide bonds. The second kappa shape index (κ2) is 6.58. The van der Waals surface area contributed by atoms with Crippen LogP contribution in [0.5, 0.6) is 0 Å². The summed E-state index contributed by atoms with van der Waals surface area (Å²) >= 11 is 9.55. The first-order valence-electron chi connectivity index (χ1n) is 6.32. The summed E-state index contributed by atoms with van der Waals surface area (Å²) in [5.41, 5.74) is 0.570. The standard InChI is InChI=1S/C14H17BrClNO/c15-9-10-4-3-5-11(8-10)17-14(18)12-6-1-2-7-13(12)16/h1-2,6-7,10-11H,3-5,8-9H2,(H,17,18). The first-order chi connectivity index (χ1) is 8.70. The van der Waals surface area contributed by atoms with Crippen LogP contribution in [0.2, 0.25) is 5.02 Å². The highest BCUT2D eigenvalue weighted by Crippen LogP contribution is 2.26. The molecule has 1 aromatic rings. The fourth-order valence-corrected chi connectivity index (χ4v) is 3.28. The molecule has 0 aromatic heterocycles. The van der Waals surface area contributed by atoms with Crippen LogP contribution in [-0.4, -0.2) is 17.3 Å². The lowest BCUT2D eigenvalue weighted by molar-refractivity contribution is 0.0922. The third-order valence-electron chi connectivity index (χ3n) is 3.45. The summed E-state index contributed by atoms with van der Waals surface area (Å²) in [5, 5.41) is 4.63. The van der Waals surface area contributed by atoms with Gasteiger partial charge in [-0.3, -0.25) is 4.79 Å². The van der Waals surface area contributed by atoms with Gasteiger partial charge in [-0.05, 0) is 37.3 Å². The molecule has 0 radical (unpaired) electrons. The predicted octanol–water partition coefficient (Wildman–Crippen LogP) is 4.02. The van der Waals surface area contributed by atoms with E-state index in [1.807, 2.05) is 12.1 Å². The summed E-state index contributed by atoms with van der Waals surface area (Å²) in [7, 11) is 0. The summed E-state index contributed by atoms with van der Waals surface area (Å²) in [6, 6.07) is 7.47. The molecule has 0 saturated heterocycles. The number of carbonyl (C=O) groups excluding carboxylic acids is 1.